The van der Waals surface area contributed by atoms with Crippen molar-refractivity contribution < 1.29 is 9.18 Å². The second-order valence-corrected chi connectivity index (χ2v) is 4.98. The molecule has 1 unspecified atom stereocenters. The Hall–Kier alpha value is -0.830. The van der Waals surface area contributed by atoms with E-state index in [1.165, 1.54) is 12.1 Å². The van der Waals surface area contributed by atoms with E-state index in [1.54, 1.807) is 12.1 Å². The van der Waals surface area contributed by atoms with Crippen molar-refractivity contribution in [3.8, 4) is 0 Å². The highest BCUT2D eigenvalue weighted by Gasteiger charge is 2.22. The third kappa shape index (κ3) is 2.81. The standard InChI is InChI=1S/C12H13FOS/c13-11-3-1-9(2-4-11)7-12(14)10-5-6-15-8-10/h1-4,10H,5-8H2. The minimum Gasteiger partial charge on any atom is -0.299 e. The van der Waals surface area contributed by atoms with Gasteiger partial charge in [0, 0.05) is 18.1 Å². The third-order valence-electron chi connectivity index (χ3n) is 2.68. The van der Waals surface area contributed by atoms with Gasteiger partial charge in [0.2, 0.25) is 0 Å². The quantitative estimate of drug-likeness (QED) is 0.785. The molecule has 0 radical (unpaired) electrons. The number of ketones is 1. The van der Waals surface area contributed by atoms with Crippen molar-refractivity contribution in [2.24, 2.45) is 5.92 Å². The Bertz CT molecular complexity index is 341. The average Bonchev–Trinajstić information content (AvgIpc) is 2.74. The molecule has 1 nitrogen and oxygen atoms in total. The first-order chi connectivity index (χ1) is 7.25. The summed E-state index contributed by atoms with van der Waals surface area (Å²) in [4.78, 5) is 11.8. The van der Waals surface area contributed by atoms with E-state index < -0.39 is 0 Å². The van der Waals surface area contributed by atoms with Crippen LogP contribution >= 0.6 is 11.8 Å². The van der Waals surface area contributed by atoms with E-state index in [9.17, 15) is 9.18 Å². The summed E-state index contributed by atoms with van der Waals surface area (Å²) in [7, 11) is 0. The van der Waals surface area contributed by atoms with Crippen LogP contribution < -0.4 is 0 Å². The van der Waals surface area contributed by atoms with Crippen LogP contribution in [0.25, 0.3) is 0 Å². The smallest absolute Gasteiger partial charge is 0.141 e. The molecule has 1 fully saturated rings. The lowest BCUT2D eigenvalue weighted by atomic mass is 9.97. The van der Waals surface area contributed by atoms with Gasteiger partial charge in [-0.3, -0.25) is 4.79 Å². The molecule has 1 aliphatic rings. The summed E-state index contributed by atoms with van der Waals surface area (Å²) in [5.41, 5.74) is 0.915. The molecule has 0 saturated carbocycles. The lowest BCUT2D eigenvalue weighted by Crippen LogP contribution is -2.15. The van der Waals surface area contributed by atoms with Crippen LogP contribution in [0.1, 0.15) is 12.0 Å². The Morgan fingerprint density at radius 2 is 2.13 bits per heavy atom. The molecule has 1 aromatic carbocycles. The number of thioether (sulfide) groups is 1. The van der Waals surface area contributed by atoms with E-state index in [4.69, 9.17) is 0 Å². The molecular formula is C12H13FOS. The van der Waals surface area contributed by atoms with Crippen molar-refractivity contribution >= 4 is 17.5 Å². The molecule has 1 heterocycles. The van der Waals surface area contributed by atoms with Gasteiger partial charge in [-0.15, -0.1) is 0 Å². The number of halogens is 1. The molecule has 15 heavy (non-hydrogen) atoms. The SMILES string of the molecule is O=C(Cc1ccc(F)cc1)C1CCSC1. The molecule has 0 spiro atoms. The minimum atomic E-state index is -0.248. The fourth-order valence-corrected chi connectivity index (χ4v) is 2.99. The molecule has 1 saturated heterocycles. The summed E-state index contributed by atoms with van der Waals surface area (Å²) in [5, 5.41) is 0. The van der Waals surface area contributed by atoms with Gasteiger partial charge in [0.05, 0.1) is 0 Å². The van der Waals surface area contributed by atoms with E-state index in [1.807, 2.05) is 11.8 Å². The monoisotopic (exact) mass is 224 g/mol. The van der Waals surface area contributed by atoms with Crippen molar-refractivity contribution in [3.05, 3.63) is 35.6 Å². The van der Waals surface area contributed by atoms with E-state index in [0.29, 0.717) is 12.2 Å². The van der Waals surface area contributed by atoms with Gasteiger partial charge in [0.25, 0.3) is 0 Å². The number of carbonyl (C=O) groups is 1. The molecule has 80 valence electrons. The van der Waals surface area contributed by atoms with Crippen LogP contribution in [0.4, 0.5) is 4.39 Å². The average molecular weight is 224 g/mol. The zero-order valence-corrected chi connectivity index (χ0v) is 9.23. The number of hydrogen-bond acceptors (Lipinski definition) is 2. The van der Waals surface area contributed by atoms with Crippen molar-refractivity contribution in [2.75, 3.05) is 11.5 Å². The lowest BCUT2D eigenvalue weighted by molar-refractivity contribution is -0.121. The Morgan fingerprint density at radius 3 is 2.73 bits per heavy atom. The van der Waals surface area contributed by atoms with Crippen LogP contribution in [-0.4, -0.2) is 17.3 Å². The molecule has 3 heteroatoms. The highest BCUT2D eigenvalue weighted by atomic mass is 32.2. The van der Waals surface area contributed by atoms with Crippen LogP contribution in [0.15, 0.2) is 24.3 Å². The molecular weight excluding hydrogens is 211 g/mol. The number of Topliss-reactive ketones (excluding diaryl/α,β-unsaturated/α-hetero) is 1. The Morgan fingerprint density at radius 1 is 1.40 bits per heavy atom. The lowest BCUT2D eigenvalue weighted by Gasteiger charge is -2.06. The van der Waals surface area contributed by atoms with E-state index in [0.717, 1.165) is 23.5 Å². The van der Waals surface area contributed by atoms with Crippen molar-refractivity contribution in [1.29, 1.82) is 0 Å². The predicted molar refractivity (Wildman–Crippen MR) is 60.5 cm³/mol. The zero-order chi connectivity index (χ0) is 10.7. The van der Waals surface area contributed by atoms with Crippen LogP contribution in [-0.2, 0) is 11.2 Å². The summed E-state index contributed by atoms with van der Waals surface area (Å²) in [6, 6.07) is 6.20. The summed E-state index contributed by atoms with van der Waals surface area (Å²) < 4.78 is 12.6. The molecule has 0 aliphatic carbocycles. The largest absolute Gasteiger partial charge is 0.299 e. The van der Waals surface area contributed by atoms with Crippen LogP contribution in [0.2, 0.25) is 0 Å². The second kappa shape index (κ2) is 4.79. The topological polar surface area (TPSA) is 17.1 Å². The van der Waals surface area contributed by atoms with Gasteiger partial charge in [0.15, 0.2) is 0 Å². The van der Waals surface area contributed by atoms with Crippen LogP contribution in [0, 0.1) is 11.7 Å². The molecule has 0 bridgehead atoms. The van der Waals surface area contributed by atoms with Gasteiger partial charge < -0.3 is 0 Å². The third-order valence-corrected chi connectivity index (χ3v) is 3.84. The summed E-state index contributed by atoms with van der Waals surface area (Å²) in [5.74, 6) is 2.33. The van der Waals surface area contributed by atoms with Crippen LogP contribution in [0.5, 0.6) is 0 Å². The predicted octanol–water partition coefficient (Wildman–Crippen LogP) is 2.69. The van der Waals surface area contributed by atoms with Crippen molar-refractivity contribution in [3.63, 3.8) is 0 Å². The van der Waals surface area contributed by atoms with Crippen molar-refractivity contribution in [1.82, 2.24) is 0 Å². The van der Waals surface area contributed by atoms with Crippen molar-refractivity contribution in [2.45, 2.75) is 12.8 Å². The second-order valence-electron chi connectivity index (χ2n) is 3.83. The van der Waals surface area contributed by atoms with Gasteiger partial charge >= 0.3 is 0 Å². The van der Waals surface area contributed by atoms with Gasteiger partial charge in [-0.05, 0) is 29.9 Å². The highest BCUT2D eigenvalue weighted by Crippen LogP contribution is 2.25. The van der Waals surface area contributed by atoms with E-state index in [2.05, 4.69) is 0 Å². The fourth-order valence-electron chi connectivity index (χ4n) is 1.74. The highest BCUT2D eigenvalue weighted by molar-refractivity contribution is 7.99. The number of carbonyl (C=O) groups excluding carboxylic acids is 1. The zero-order valence-electron chi connectivity index (χ0n) is 8.41. The van der Waals surface area contributed by atoms with Gasteiger partial charge in [-0.1, -0.05) is 12.1 Å². The molecule has 1 aromatic rings. The molecule has 1 atom stereocenters. The maximum absolute atomic E-state index is 12.6. The molecule has 0 aromatic heterocycles. The number of hydrogen-bond donors (Lipinski definition) is 0. The number of rotatable bonds is 3. The summed E-state index contributed by atoms with van der Waals surface area (Å²) in [6.45, 7) is 0. The maximum atomic E-state index is 12.6. The molecule has 0 N–H and O–H groups in total. The minimum absolute atomic E-state index is 0.222. The Kier molecular flexibility index (Phi) is 3.41. The Labute approximate surface area is 93.1 Å². The first-order valence-corrected chi connectivity index (χ1v) is 6.26. The summed E-state index contributed by atoms with van der Waals surface area (Å²) >= 11 is 1.84. The number of benzene rings is 1. The van der Waals surface area contributed by atoms with E-state index >= 15 is 0 Å². The van der Waals surface area contributed by atoms with Crippen LogP contribution in [0.3, 0.4) is 0 Å². The van der Waals surface area contributed by atoms with Gasteiger partial charge in [-0.2, -0.15) is 11.8 Å². The Balaban J connectivity index is 1.96. The maximum Gasteiger partial charge on any atom is 0.141 e. The van der Waals surface area contributed by atoms with E-state index in [-0.39, 0.29) is 11.7 Å². The molecule has 2 rings (SSSR count). The normalized spacial score (nSPS) is 20.5. The fraction of sp³-hybridized carbons (Fsp3) is 0.417. The molecule has 0 amide bonds. The first kappa shape index (κ1) is 10.7. The molecule has 1 aliphatic heterocycles. The van der Waals surface area contributed by atoms with Gasteiger partial charge in [0.1, 0.15) is 11.6 Å². The first-order valence-electron chi connectivity index (χ1n) is 5.10. The summed E-state index contributed by atoms with van der Waals surface area (Å²) in [6.07, 6.45) is 1.45. The van der Waals surface area contributed by atoms with Gasteiger partial charge in [-0.25, -0.2) is 4.39 Å².